The highest BCUT2D eigenvalue weighted by atomic mass is 16.5. The van der Waals surface area contributed by atoms with Gasteiger partial charge in [-0.05, 0) is 12.1 Å². The molecule has 0 saturated heterocycles. The molecule has 0 aliphatic heterocycles. The molecule has 6 nitrogen and oxygen atoms in total. The number of pyridine rings is 1. The molecule has 2 aromatic rings. The fourth-order valence-corrected chi connectivity index (χ4v) is 1.29. The molecule has 0 amide bonds. The van der Waals surface area contributed by atoms with Crippen molar-refractivity contribution in [3.8, 4) is 0 Å². The van der Waals surface area contributed by atoms with E-state index in [1.165, 1.54) is 12.4 Å². The van der Waals surface area contributed by atoms with Crippen LogP contribution in [0.25, 0.3) is 11.0 Å². The quantitative estimate of drug-likeness (QED) is 0.602. The van der Waals surface area contributed by atoms with Crippen molar-refractivity contribution in [2.24, 2.45) is 0 Å². The van der Waals surface area contributed by atoms with Crippen LogP contribution in [0.15, 0.2) is 24.5 Å². The Morgan fingerprint density at radius 1 is 1.62 bits per heavy atom. The predicted molar refractivity (Wildman–Crippen MR) is 57.7 cm³/mol. The number of hydrogen-bond donors (Lipinski definition) is 1. The molecular formula is C10H13N3O3. The second-order valence-electron chi connectivity index (χ2n) is 2.81. The molecule has 6 heteroatoms. The van der Waals surface area contributed by atoms with Crippen LogP contribution in [0.3, 0.4) is 0 Å². The van der Waals surface area contributed by atoms with E-state index in [-0.39, 0.29) is 12.2 Å². The van der Waals surface area contributed by atoms with Gasteiger partial charge in [0.1, 0.15) is 0 Å². The van der Waals surface area contributed by atoms with Gasteiger partial charge in [-0.25, -0.2) is 9.52 Å². The molecule has 0 spiro atoms. The summed E-state index contributed by atoms with van der Waals surface area (Å²) in [7, 11) is 0. The lowest BCUT2D eigenvalue weighted by molar-refractivity contribution is -0.580. The third kappa shape index (κ3) is 2.28. The van der Waals surface area contributed by atoms with Crippen molar-refractivity contribution >= 4 is 17.0 Å². The molecule has 0 saturated carbocycles. The van der Waals surface area contributed by atoms with Crippen LogP contribution in [-0.4, -0.2) is 20.9 Å². The number of fused-ring (bicyclic) bond motifs is 1. The van der Waals surface area contributed by atoms with Crippen molar-refractivity contribution in [3.63, 3.8) is 0 Å². The van der Waals surface area contributed by atoms with Crippen LogP contribution in [0.4, 0.5) is 0 Å². The zero-order valence-corrected chi connectivity index (χ0v) is 9.12. The molecule has 2 heterocycles. The van der Waals surface area contributed by atoms with E-state index < -0.39 is 5.97 Å². The zero-order valence-electron chi connectivity index (χ0n) is 9.12. The van der Waals surface area contributed by atoms with Gasteiger partial charge in [0.05, 0.1) is 17.8 Å². The normalized spacial score (nSPS) is 9.62. The summed E-state index contributed by atoms with van der Waals surface area (Å²) in [5, 5.41) is 24.3. The van der Waals surface area contributed by atoms with E-state index >= 15 is 0 Å². The van der Waals surface area contributed by atoms with Gasteiger partial charge in [0, 0.05) is 0 Å². The number of hydrogen-bond acceptors (Lipinski definition) is 3. The van der Waals surface area contributed by atoms with E-state index in [9.17, 15) is 10.0 Å². The Hall–Kier alpha value is -2.11. The minimum absolute atomic E-state index is 0.259. The SMILES string of the molecule is CC.O=C(O)Cn1ncc2ccc[n+]([O-])c21. The lowest BCUT2D eigenvalue weighted by Crippen LogP contribution is -2.29. The average Bonchev–Trinajstić information content (AvgIpc) is 2.65. The fraction of sp³-hybridized carbons (Fsp3) is 0.300. The molecule has 0 aliphatic carbocycles. The molecule has 0 aromatic carbocycles. The summed E-state index contributed by atoms with van der Waals surface area (Å²) in [5.74, 6) is -1.03. The lowest BCUT2D eigenvalue weighted by atomic mass is 10.4. The van der Waals surface area contributed by atoms with Crippen LogP contribution in [0.1, 0.15) is 13.8 Å². The van der Waals surface area contributed by atoms with Gasteiger partial charge in [0.25, 0.3) is 0 Å². The fourth-order valence-electron chi connectivity index (χ4n) is 1.29. The van der Waals surface area contributed by atoms with E-state index in [1.807, 2.05) is 13.8 Å². The molecule has 0 bridgehead atoms. The monoisotopic (exact) mass is 223 g/mol. The van der Waals surface area contributed by atoms with Gasteiger partial charge in [-0.15, -0.1) is 4.68 Å². The zero-order chi connectivity index (χ0) is 12.1. The third-order valence-electron chi connectivity index (χ3n) is 1.83. The molecule has 0 radical (unpaired) electrons. The van der Waals surface area contributed by atoms with Crippen LogP contribution >= 0.6 is 0 Å². The van der Waals surface area contributed by atoms with Crippen LogP contribution in [0.5, 0.6) is 0 Å². The standard InChI is InChI=1S/C8H7N3O3.C2H6/c12-7(13)5-10-8-6(4-9-10)2-1-3-11(8)14;1-2/h1-4H,5H2,(H,12,13);1-2H3. The topological polar surface area (TPSA) is 82.1 Å². The maximum atomic E-state index is 11.3. The summed E-state index contributed by atoms with van der Waals surface area (Å²) in [6, 6.07) is 3.29. The van der Waals surface area contributed by atoms with Gasteiger partial charge in [-0.1, -0.05) is 18.9 Å². The van der Waals surface area contributed by atoms with Crippen molar-refractivity contribution in [1.82, 2.24) is 9.78 Å². The Bertz CT molecular complexity index is 493. The van der Waals surface area contributed by atoms with E-state index in [0.717, 1.165) is 4.68 Å². The third-order valence-corrected chi connectivity index (χ3v) is 1.83. The van der Waals surface area contributed by atoms with Gasteiger partial charge >= 0.3 is 11.6 Å². The number of rotatable bonds is 2. The van der Waals surface area contributed by atoms with E-state index in [1.54, 1.807) is 12.1 Å². The number of aliphatic carboxylic acids is 1. The van der Waals surface area contributed by atoms with Crippen LogP contribution < -0.4 is 4.73 Å². The van der Waals surface area contributed by atoms with Gasteiger partial charge in [-0.2, -0.15) is 0 Å². The van der Waals surface area contributed by atoms with Gasteiger partial charge in [0.15, 0.2) is 0 Å². The van der Waals surface area contributed by atoms with Crippen molar-refractivity contribution in [1.29, 1.82) is 0 Å². The van der Waals surface area contributed by atoms with Crippen LogP contribution in [0.2, 0.25) is 0 Å². The molecular weight excluding hydrogens is 210 g/mol. The Kier molecular flexibility index (Phi) is 3.82. The highest BCUT2D eigenvalue weighted by Gasteiger charge is 2.14. The number of carbonyl (C=O) groups is 1. The van der Waals surface area contributed by atoms with Crippen molar-refractivity contribution in [3.05, 3.63) is 29.7 Å². The van der Waals surface area contributed by atoms with Crippen molar-refractivity contribution < 1.29 is 14.6 Å². The minimum atomic E-state index is -1.03. The average molecular weight is 223 g/mol. The summed E-state index contributed by atoms with van der Waals surface area (Å²) >= 11 is 0. The first-order valence-corrected chi connectivity index (χ1v) is 4.94. The molecule has 86 valence electrons. The van der Waals surface area contributed by atoms with Gasteiger partial charge in [-0.3, -0.25) is 0 Å². The Morgan fingerprint density at radius 3 is 2.94 bits per heavy atom. The molecule has 0 fully saturated rings. The summed E-state index contributed by atoms with van der Waals surface area (Å²) in [5.41, 5.74) is 0.259. The highest BCUT2D eigenvalue weighted by Crippen LogP contribution is 2.07. The first-order valence-electron chi connectivity index (χ1n) is 4.94. The van der Waals surface area contributed by atoms with Crippen LogP contribution in [0, 0.1) is 5.21 Å². The second-order valence-corrected chi connectivity index (χ2v) is 2.81. The molecule has 2 aromatic heterocycles. The number of aromatic nitrogens is 3. The molecule has 1 N–H and O–H groups in total. The highest BCUT2D eigenvalue weighted by molar-refractivity contribution is 5.74. The van der Waals surface area contributed by atoms with E-state index in [2.05, 4.69) is 5.10 Å². The number of carboxylic acids is 1. The summed E-state index contributed by atoms with van der Waals surface area (Å²) in [6.45, 7) is 3.69. The van der Waals surface area contributed by atoms with E-state index in [4.69, 9.17) is 5.11 Å². The van der Waals surface area contributed by atoms with E-state index in [0.29, 0.717) is 10.1 Å². The Morgan fingerprint density at radius 2 is 2.31 bits per heavy atom. The van der Waals surface area contributed by atoms with Crippen LogP contribution in [-0.2, 0) is 11.3 Å². The summed E-state index contributed by atoms with van der Waals surface area (Å²) in [4.78, 5) is 10.4. The maximum Gasteiger partial charge on any atom is 0.348 e. The van der Waals surface area contributed by atoms with Crippen molar-refractivity contribution in [2.45, 2.75) is 20.4 Å². The maximum absolute atomic E-state index is 11.3. The number of nitrogens with zero attached hydrogens (tertiary/aromatic N) is 3. The largest absolute Gasteiger partial charge is 0.711 e. The smallest absolute Gasteiger partial charge is 0.348 e. The van der Waals surface area contributed by atoms with Crippen molar-refractivity contribution in [2.75, 3.05) is 0 Å². The minimum Gasteiger partial charge on any atom is -0.711 e. The number of carboxylic acid groups (broad SMARTS) is 1. The predicted octanol–water partition coefficient (Wildman–Crippen LogP) is 0.780. The molecule has 0 atom stereocenters. The molecule has 0 unspecified atom stereocenters. The second kappa shape index (κ2) is 5.11. The Labute approximate surface area is 92.3 Å². The Balaban J connectivity index is 0.000000606. The molecule has 0 aliphatic rings. The molecule has 2 rings (SSSR count). The first kappa shape index (κ1) is 12.0. The summed E-state index contributed by atoms with van der Waals surface area (Å²) < 4.78 is 1.76. The van der Waals surface area contributed by atoms with Gasteiger partial charge < -0.3 is 10.3 Å². The first-order chi connectivity index (χ1) is 7.68. The van der Waals surface area contributed by atoms with Gasteiger partial charge in [0.2, 0.25) is 6.54 Å². The lowest BCUT2D eigenvalue weighted by Gasteiger charge is -2.02. The summed E-state index contributed by atoms with van der Waals surface area (Å²) in [6.07, 6.45) is 2.77. The molecule has 16 heavy (non-hydrogen) atoms.